The number of carbonyl (C=O) groups excluding carboxylic acids is 1. The Morgan fingerprint density at radius 2 is 1.95 bits per heavy atom. The van der Waals surface area contributed by atoms with Crippen LogP contribution in [0.15, 0.2) is 42.5 Å². The van der Waals surface area contributed by atoms with Crippen LogP contribution in [0.5, 0.6) is 0 Å². The molecular formula is C18H15N3O. The van der Waals surface area contributed by atoms with E-state index >= 15 is 0 Å². The van der Waals surface area contributed by atoms with Gasteiger partial charge in [0, 0.05) is 44.7 Å². The third kappa shape index (κ3) is 1.81. The minimum absolute atomic E-state index is 0.0923. The molecule has 0 saturated carbocycles. The Balaban J connectivity index is 1.95. The first-order chi connectivity index (χ1) is 10.6. The third-order valence-electron chi connectivity index (χ3n) is 4.06. The van der Waals surface area contributed by atoms with Gasteiger partial charge in [0.1, 0.15) is 0 Å². The molecule has 0 saturated heterocycles. The number of nitrogen functional groups attached to an aromatic ring is 1. The quantitative estimate of drug-likeness (QED) is 0.473. The van der Waals surface area contributed by atoms with Crippen LogP contribution >= 0.6 is 0 Å². The Hall–Kier alpha value is -3.01. The van der Waals surface area contributed by atoms with Crippen LogP contribution in [-0.4, -0.2) is 10.9 Å². The van der Waals surface area contributed by atoms with Crippen LogP contribution in [0.4, 0.5) is 11.4 Å². The number of aromatic amines is 1. The number of benzene rings is 2. The SMILES string of the molecule is Cc1[nH]c2ccccc2c1/C=C1/C(=O)Nc2ccc(N)cc21. The summed E-state index contributed by atoms with van der Waals surface area (Å²) in [5.74, 6) is -0.0923. The molecule has 1 aliphatic rings. The van der Waals surface area contributed by atoms with Gasteiger partial charge in [-0.05, 0) is 37.3 Å². The Labute approximate surface area is 127 Å². The Morgan fingerprint density at radius 3 is 2.82 bits per heavy atom. The summed E-state index contributed by atoms with van der Waals surface area (Å²) in [7, 11) is 0. The van der Waals surface area contributed by atoms with Gasteiger partial charge < -0.3 is 16.0 Å². The van der Waals surface area contributed by atoms with Crippen molar-refractivity contribution in [1.29, 1.82) is 0 Å². The van der Waals surface area contributed by atoms with E-state index in [0.29, 0.717) is 11.3 Å². The monoisotopic (exact) mass is 289 g/mol. The number of aryl methyl sites for hydroxylation is 1. The summed E-state index contributed by atoms with van der Waals surface area (Å²) in [6.07, 6.45) is 1.94. The van der Waals surface area contributed by atoms with Crippen LogP contribution < -0.4 is 11.1 Å². The molecule has 1 aromatic heterocycles. The van der Waals surface area contributed by atoms with Crippen LogP contribution in [0.3, 0.4) is 0 Å². The second-order valence-corrected chi connectivity index (χ2v) is 5.53. The fraction of sp³-hybridized carbons (Fsp3) is 0.0556. The van der Waals surface area contributed by atoms with Crippen LogP contribution in [0, 0.1) is 6.92 Å². The van der Waals surface area contributed by atoms with E-state index in [2.05, 4.69) is 16.4 Å². The number of nitrogens with one attached hydrogen (secondary N) is 2. The van der Waals surface area contributed by atoms with E-state index in [1.165, 1.54) is 0 Å². The highest BCUT2D eigenvalue weighted by Crippen LogP contribution is 2.36. The maximum absolute atomic E-state index is 12.3. The first-order valence-corrected chi connectivity index (χ1v) is 7.14. The molecule has 4 N–H and O–H groups in total. The molecule has 22 heavy (non-hydrogen) atoms. The van der Waals surface area contributed by atoms with Gasteiger partial charge >= 0.3 is 0 Å². The molecule has 1 amide bonds. The molecule has 0 radical (unpaired) electrons. The Kier molecular flexibility index (Phi) is 2.60. The van der Waals surface area contributed by atoms with Crippen LogP contribution in [0.25, 0.3) is 22.6 Å². The molecule has 0 bridgehead atoms. The highest BCUT2D eigenvalue weighted by atomic mass is 16.2. The van der Waals surface area contributed by atoms with Crippen molar-refractivity contribution in [3.8, 4) is 0 Å². The van der Waals surface area contributed by atoms with Crippen molar-refractivity contribution in [2.24, 2.45) is 0 Å². The molecule has 0 fully saturated rings. The number of hydrogen-bond acceptors (Lipinski definition) is 2. The van der Waals surface area contributed by atoms with Crippen LogP contribution in [-0.2, 0) is 4.79 Å². The topological polar surface area (TPSA) is 70.9 Å². The lowest BCUT2D eigenvalue weighted by molar-refractivity contribution is -0.110. The number of carbonyl (C=O) groups is 1. The molecule has 4 heteroatoms. The molecule has 2 aromatic carbocycles. The lowest BCUT2D eigenvalue weighted by atomic mass is 10.0. The first-order valence-electron chi connectivity index (χ1n) is 7.14. The second-order valence-electron chi connectivity index (χ2n) is 5.53. The summed E-state index contributed by atoms with van der Waals surface area (Å²) in [6, 6.07) is 13.5. The van der Waals surface area contributed by atoms with Gasteiger partial charge in [0.2, 0.25) is 0 Å². The standard InChI is InChI=1S/C18H15N3O/c1-10-13(12-4-2-3-5-16(12)20-10)9-15-14-8-11(19)6-7-17(14)21-18(15)22/h2-9,20H,19H2,1H3,(H,21,22)/b15-9+. The maximum atomic E-state index is 12.3. The zero-order valence-electron chi connectivity index (χ0n) is 12.1. The van der Waals surface area contributed by atoms with Crippen molar-refractivity contribution in [3.63, 3.8) is 0 Å². The summed E-state index contributed by atoms with van der Waals surface area (Å²) in [5.41, 5.74) is 12.0. The van der Waals surface area contributed by atoms with Crippen molar-refractivity contribution < 1.29 is 4.79 Å². The van der Waals surface area contributed by atoms with Crippen molar-refractivity contribution in [1.82, 2.24) is 4.98 Å². The average molecular weight is 289 g/mol. The first kappa shape index (κ1) is 12.7. The van der Waals surface area contributed by atoms with E-state index < -0.39 is 0 Å². The Bertz CT molecular complexity index is 950. The van der Waals surface area contributed by atoms with Gasteiger partial charge in [-0.25, -0.2) is 0 Å². The van der Waals surface area contributed by atoms with E-state index in [-0.39, 0.29) is 5.91 Å². The number of aromatic nitrogens is 1. The van der Waals surface area contributed by atoms with Gasteiger partial charge in [-0.2, -0.15) is 0 Å². The highest BCUT2D eigenvalue weighted by molar-refractivity contribution is 6.35. The van der Waals surface area contributed by atoms with E-state index in [1.54, 1.807) is 6.07 Å². The molecule has 0 spiro atoms. The highest BCUT2D eigenvalue weighted by Gasteiger charge is 2.24. The van der Waals surface area contributed by atoms with Crippen molar-refractivity contribution in [2.45, 2.75) is 6.92 Å². The van der Waals surface area contributed by atoms with E-state index in [4.69, 9.17) is 5.73 Å². The minimum atomic E-state index is -0.0923. The van der Waals surface area contributed by atoms with Gasteiger partial charge in [-0.15, -0.1) is 0 Å². The van der Waals surface area contributed by atoms with E-state index in [9.17, 15) is 4.79 Å². The predicted octanol–water partition coefficient (Wildman–Crippen LogP) is 3.55. The number of fused-ring (bicyclic) bond motifs is 2. The fourth-order valence-corrected chi connectivity index (χ4v) is 2.98. The van der Waals surface area contributed by atoms with E-state index in [1.807, 2.05) is 43.3 Å². The van der Waals surface area contributed by atoms with Gasteiger partial charge in [0.25, 0.3) is 5.91 Å². The summed E-state index contributed by atoms with van der Waals surface area (Å²) >= 11 is 0. The number of nitrogens with two attached hydrogens (primary N) is 1. The smallest absolute Gasteiger partial charge is 0.256 e. The number of para-hydroxylation sites is 1. The molecule has 4 rings (SSSR count). The summed E-state index contributed by atoms with van der Waals surface area (Å²) < 4.78 is 0. The minimum Gasteiger partial charge on any atom is -0.399 e. The molecule has 0 atom stereocenters. The maximum Gasteiger partial charge on any atom is 0.256 e. The van der Waals surface area contributed by atoms with Gasteiger partial charge in [-0.3, -0.25) is 4.79 Å². The molecule has 1 aliphatic heterocycles. The van der Waals surface area contributed by atoms with Gasteiger partial charge in [-0.1, -0.05) is 18.2 Å². The summed E-state index contributed by atoms with van der Waals surface area (Å²) in [5, 5.41) is 3.99. The summed E-state index contributed by atoms with van der Waals surface area (Å²) in [4.78, 5) is 15.6. The molecular weight excluding hydrogens is 274 g/mol. The number of H-pyrrole nitrogens is 1. The largest absolute Gasteiger partial charge is 0.399 e. The van der Waals surface area contributed by atoms with Gasteiger partial charge in [0.15, 0.2) is 0 Å². The lowest BCUT2D eigenvalue weighted by Gasteiger charge is -2.01. The fourth-order valence-electron chi connectivity index (χ4n) is 2.98. The molecule has 4 nitrogen and oxygen atoms in total. The molecule has 0 unspecified atom stereocenters. The normalized spacial score (nSPS) is 15.3. The zero-order valence-corrected chi connectivity index (χ0v) is 12.1. The zero-order chi connectivity index (χ0) is 15.3. The lowest BCUT2D eigenvalue weighted by Crippen LogP contribution is -2.03. The van der Waals surface area contributed by atoms with Gasteiger partial charge in [0.05, 0.1) is 0 Å². The van der Waals surface area contributed by atoms with Crippen molar-refractivity contribution in [3.05, 3.63) is 59.3 Å². The second kappa shape index (κ2) is 4.49. The third-order valence-corrected chi connectivity index (χ3v) is 4.06. The van der Waals surface area contributed by atoms with Crippen molar-refractivity contribution in [2.75, 3.05) is 11.1 Å². The average Bonchev–Trinajstić information content (AvgIpc) is 2.98. The molecule has 3 aromatic rings. The van der Waals surface area contributed by atoms with Crippen molar-refractivity contribution >= 4 is 39.8 Å². The number of rotatable bonds is 1. The number of hydrogen-bond donors (Lipinski definition) is 3. The predicted molar refractivity (Wildman–Crippen MR) is 90.4 cm³/mol. The Morgan fingerprint density at radius 1 is 1.14 bits per heavy atom. The molecule has 108 valence electrons. The molecule has 2 heterocycles. The molecule has 0 aliphatic carbocycles. The summed E-state index contributed by atoms with van der Waals surface area (Å²) in [6.45, 7) is 2.01. The van der Waals surface area contributed by atoms with Crippen LogP contribution in [0.1, 0.15) is 16.8 Å². The number of amides is 1. The van der Waals surface area contributed by atoms with E-state index in [0.717, 1.165) is 33.4 Å². The number of anilines is 2. The van der Waals surface area contributed by atoms with Crippen LogP contribution in [0.2, 0.25) is 0 Å².